The van der Waals surface area contributed by atoms with Gasteiger partial charge >= 0.3 is 0 Å². The van der Waals surface area contributed by atoms with Gasteiger partial charge in [-0.1, -0.05) is 32.0 Å². The van der Waals surface area contributed by atoms with Crippen LogP contribution in [0, 0.1) is 0 Å². The molecule has 38 heavy (non-hydrogen) atoms. The van der Waals surface area contributed by atoms with Crippen LogP contribution in [0.2, 0.25) is 0 Å². The molecule has 5 rings (SSSR count). The van der Waals surface area contributed by atoms with Crippen LogP contribution in [0.15, 0.2) is 63.9 Å². The van der Waals surface area contributed by atoms with Gasteiger partial charge in [0.15, 0.2) is 0 Å². The summed E-state index contributed by atoms with van der Waals surface area (Å²) >= 11 is 1.42. The van der Waals surface area contributed by atoms with Gasteiger partial charge in [0.25, 0.3) is 5.56 Å². The van der Waals surface area contributed by atoms with Crippen LogP contribution < -0.4 is 10.9 Å². The molecule has 2 aromatic heterocycles. The molecular weight excluding hydrogens is 520 g/mol. The Morgan fingerprint density at radius 3 is 2.47 bits per heavy atom. The number of thiophene rings is 1. The Morgan fingerprint density at radius 2 is 1.76 bits per heavy atom. The molecule has 0 fully saturated rings. The first-order valence-corrected chi connectivity index (χ1v) is 15.1. The van der Waals surface area contributed by atoms with Gasteiger partial charge in [-0.3, -0.25) is 14.2 Å². The van der Waals surface area contributed by atoms with Crippen LogP contribution in [0.4, 0.5) is 5.69 Å². The second kappa shape index (κ2) is 10.8. The number of carbonyl (C=O) groups is 1. The van der Waals surface area contributed by atoms with Gasteiger partial charge in [-0.25, -0.2) is 13.4 Å². The van der Waals surface area contributed by atoms with Crippen LogP contribution in [0.5, 0.6) is 0 Å². The van der Waals surface area contributed by atoms with E-state index in [4.69, 9.17) is 0 Å². The van der Waals surface area contributed by atoms with E-state index in [-0.39, 0.29) is 17.0 Å². The molecule has 198 valence electrons. The van der Waals surface area contributed by atoms with E-state index in [0.717, 1.165) is 24.0 Å². The van der Waals surface area contributed by atoms with Crippen LogP contribution in [0.3, 0.4) is 0 Å². The van der Waals surface area contributed by atoms with Gasteiger partial charge in [0.05, 0.1) is 16.6 Å². The number of carbonyl (C=O) groups excluding carboxylic acids is 1. The number of aromatic nitrogens is 2. The summed E-state index contributed by atoms with van der Waals surface area (Å²) in [5, 5.41) is 5.22. The molecule has 10 heteroatoms. The Bertz CT molecular complexity index is 1650. The summed E-state index contributed by atoms with van der Waals surface area (Å²) in [6, 6.07) is 12.5. The average molecular weight is 551 g/mol. The zero-order valence-corrected chi connectivity index (χ0v) is 23.1. The third kappa shape index (κ3) is 5.03. The number of rotatable bonds is 8. The first kappa shape index (κ1) is 26.3. The van der Waals surface area contributed by atoms with Crippen molar-refractivity contribution in [3.05, 3.63) is 75.7 Å². The summed E-state index contributed by atoms with van der Waals surface area (Å²) < 4.78 is 28.1. The molecule has 1 aliphatic carbocycles. The lowest BCUT2D eigenvalue weighted by molar-refractivity contribution is -0.116. The van der Waals surface area contributed by atoms with Crippen molar-refractivity contribution in [1.82, 2.24) is 13.9 Å². The molecule has 4 aromatic rings. The summed E-state index contributed by atoms with van der Waals surface area (Å²) in [7, 11) is -3.58. The van der Waals surface area contributed by atoms with E-state index in [2.05, 4.69) is 28.5 Å². The number of anilines is 1. The molecular formula is C28H30N4O4S2. The van der Waals surface area contributed by atoms with E-state index in [9.17, 15) is 18.0 Å². The molecule has 1 amide bonds. The Balaban J connectivity index is 1.36. The first-order valence-electron chi connectivity index (χ1n) is 12.8. The summed E-state index contributed by atoms with van der Waals surface area (Å²) in [4.78, 5) is 31.4. The van der Waals surface area contributed by atoms with E-state index in [0.29, 0.717) is 29.0 Å². The zero-order valence-electron chi connectivity index (χ0n) is 21.4. The molecule has 2 heterocycles. The number of nitrogens with zero attached hydrogens (tertiary/aromatic N) is 3. The minimum atomic E-state index is -3.58. The molecule has 1 aliphatic rings. The predicted octanol–water partition coefficient (Wildman–Crippen LogP) is 4.67. The standard InChI is InChI=1S/C28H30N4O4S2/c1-3-32(4-2)38(35,36)23-13-11-22(12-14-23)30-25(33)16-31-18-29-27-26(28(31)34)24(17-37-27)21-10-9-19-7-5-6-8-20(19)15-21/h9-15,17-18H,3-8,16H2,1-2H3,(H,30,33). The van der Waals surface area contributed by atoms with Gasteiger partial charge in [0, 0.05) is 29.7 Å². The van der Waals surface area contributed by atoms with Gasteiger partial charge < -0.3 is 5.32 Å². The number of hydrogen-bond donors (Lipinski definition) is 1. The average Bonchev–Trinajstić information content (AvgIpc) is 3.36. The third-order valence-electron chi connectivity index (χ3n) is 7.02. The fourth-order valence-corrected chi connectivity index (χ4v) is 7.34. The van der Waals surface area contributed by atoms with Gasteiger partial charge in [-0.2, -0.15) is 4.31 Å². The van der Waals surface area contributed by atoms with E-state index in [1.807, 2.05) is 5.38 Å². The third-order valence-corrected chi connectivity index (χ3v) is 9.97. The van der Waals surface area contributed by atoms with Crippen molar-refractivity contribution in [2.75, 3.05) is 18.4 Å². The predicted molar refractivity (Wildman–Crippen MR) is 151 cm³/mol. The van der Waals surface area contributed by atoms with Crippen molar-refractivity contribution in [3.8, 4) is 11.1 Å². The molecule has 0 saturated carbocycles. The van der Waals surface area contributed by atoms with Gasteiger partial charge in [-0.05, 0) is 66.6 Å². The highest BCUT2D eigenvalue weighted by molar-refractivity contribution is 7.89. The summed E-state index contributed by atoms with van der Waals surface area (Å²) in [6.07, 6.45) is 5.94. The highest BCUT2D eigenvalue weighted by Crippen LogP contribution is 2.33. The van der Waals surface area contributed by atoms with Gasteiger partial charge in [0.2, 0.25) is 15.9 Å². The summed E-state index contributed by atoms with van der Waals surface area (Å²) in [6.45, 7) is 4.12. The Morgan fingerprint density at radius 1 is 1.05 bits per heavy atom. The monoisotopic (exact) mass is 550 g/mol. The van der Waals surface area contributed by atoms with Crippen LogP contribution in [0.1, 0.15) is 37.8 Å². The van der Waals surface area contributed by atoms with Crippen molar-refractivity contribution in [2.45, 2.75) is 51.0 Å². The zero-order chi connectivity index (χ0) is 26.9. The fraction of sp³-hybridized carbons (Fsp3) is 0.321. The van der Waals surface area contributed by atoms with E-state index in [1.54, 1.807) is 26.0 Å². The van der Waals surface area contributed by atoms with Crippen molar-refractivity contribution in [2.24, 2.45) is 0 Å². The Kier molecular flexibility index (Phi) is 7.47. The van der Waals surface area contributed by atoms with E-state index < -0.39 is 15.9 Å². The molecule has 0 aliphatic heterocycles. The number of nitrogens with one attached hydrogen (secondary N) is 1. The molecule has 8 nitrogen and oxygen atoms in total. The molecule has 0 atom stereocenters. The van der Waals surface area contributed by atoms with Crippen LogP contribution in [-0.2, 0) is 34.2 Å². The Labute approximate surface area is 226 Å². The molecule has 2 aromatic carbocycles. The van der Waals surface area contributed by atoms with Crippen molar-refractivity contribution in [1.29, 1.82) is 0 Å². The van der Waals surface area contributed by atoms with Crippen LogP contribution >= 0.6 is 11.3 Å². The quantitative estimate of drug-likeness (QED) is 0.344. The highest BCUT2D eigenvalue weighted by Gasteiger charge is 2.21. The largest absolute Gasteiger partial charge is 0.325 e. The topological polar surface area (TPSA) is 101 Å². The lowest BCUT2D eigenvalue weighted by Crippen LogP contribution is -2.30. The lowest BCUT2D eigenvalue weighted by Gasteiger charge is -2.18. The summed E-state index contributed by atoms with van der Waals surface area (Å²) in [5.41, 5.74) is 4.74. The minimum Gasteiger partial charge on any atom is -0.325 e. The first-order chi connectivity index (χ1) is 18.3. The van der Waals surface area contributed by atoms with Crippen LogP contribution in [0.25, 0.3) is 21.3 Å². The second-order valence-corrected chi connectivity index (χ2v) is 12.2. The maximum absolute atomic E-state index is 13.4. The molecule has 0 unspecified atom stereocenters. The van der Waals surface area contributed by atoms with Gasteiger partial charge in [-0.15, -0.1) is 11.3 Å². The maximum atomic E-state index is 13.4. The van der Waals surface area contributed by atoms with Crippen molar-refractivity contribution >= 4 is 43.2 Å². The highest BCUT2D eigenvalue weighted by atomic mass is 32.2. The normalized spacial score (nSPS) is 13.6. The number of benzene rings is 2. The fourth-order valence-electron chi connectivity index (χ4n) is 4.97. The van der Waals surface area contributed by atoms with E-state index in [1.165, 1.54) is 62.6 Å². The number of amides is 1. The number of sulfonamides is 1. The second-order valence-electron chi connectivity index (χ2n) is 9.36. The molecule has 0 spiro atoms. The molecule has 0 bridgehead atoms. The number of fused-ring (bicyclic) bond motifs is 2. The summed E-state index contributed by atoms with van der Waals surface area (Å²) in [5.74, 6) is -0.404. The SMILES string of the molecule is CCN(CC)S(=O)(=O)c1ccc(NC(=O)Cn2cnc3scc(-c4ccc5c(c4)CCCC5)c3c2=O)cc1. The minimum absolute atomic E-state index is 0.164. The van der Waals surface area contributed by atoms with Crippen molar-refractivity contribution in [3.63, 3.8) is 0 Å². The number of hydrogen-bond acceptors (Lipinski definition) is 6. The maximum Gasteiger partial charge on any atom is 0.263 e. The Hall–Kier alpha value is -3.34. The van der Waals surface area contributed by atoms with Crippen molar-refractivity contribution < 1.29 is 13.2 Å². The molecule has 1 N–H and O–H groups in total. The number of aryl methyl sites for hydroxylation is 2. The van der Waals surface area contributed by atoms with Crippen LogP contribution in [-0.4, -0.2) is 41.3 Å². The molecule has 0 saturated heterocycles. The lowest BCUT2D eigenvalue weighted by atomic mass is 9.89. The van der Waals surface area contributed by atoms with Gasteiger partial charge in [0.1, 0.15) is 11.4 Å². The molecule has 0 radical (unpaired) electrons. The van der Waals surface area contributed by atoms with E-state index >= 15 is 0 Å². The smallest absolute Gasteiger partial charge is 0.263 e.